The maximum absolute atomic E-state index is 12.4. The summed E-state index contributed by atoms with van der Waals surface area (Å²) in [5, 5.41) is 0. The molecule has 3 aromatic rings. The highest BCUT2D eigenvalue weighted by Gasteiger charge is 2.09. The predicted octanol–water partition coefficient (Wildman–Crippen LogP) is 5.12. The molecule has 0 heterocycles. The van der Waals surface area contributed by atoms with Crippen LogP contribution >= 0.6 is 0 Å². The number of hydrogen-bond acceptors (Lipinski definition) is 4. The van der Waals surface area contributed by atoms with Crippen LogP contribution in [0.2, 0.25) is 0 Å². The number of para-hydroxylation sites is 1. The standard InChI is InChI=1S/C24H20O4/c1-17-7-9-20(10-8-17)24(26)28-21-14-11-18(12-15-21)22(25)16-13-19-5-3-4-6-23(19)27-2/h3-16H,1-2H3/b16-13+. The van der Waals surface area contributed by atoms with Gasteiger partial charge in [0.05, 0.1) is 12.7 Å². The lowest BCUT2D eigenvalue weighted by atomic mass is 10.1. The summed E-state index contributed by atoms with van der Waals surface area (Å²) in [6, 6.07) is 21.1. The van der Waals surface area contributed by atoms with Gasteiger partial charge in [-0.2, -0.15) is 0 Å². The van der Waals surface area contributed by atoms with Crippen molar-refractivity contribution in [2.45, 2.75) is 6.92 Å². The van der Waals surface area contributed by atoms with E-state index in [1.165, 1.54) is 6.08 Å². The normalized spacial score (nSPS) is 10.6. The van der Waals surface area contributed by atoms with E-state index in [2.05, 4.69) is 0 Å². The van der Waals surface area contributed by atoms with Gasteiger partial charge in [-0.1, -0.05) is 35.9 Å². The third kappa shape index (κ3) is 4.74. The van der Waals surface area contributed by atoms with E-state index in [1.807, 2.05) is 43.3 Å². The summed E-state index contributed by atoms with van der Waals surface area (Å²) in [6.45, 7) is 1.95. The Balaban J connectivity index is 1.66. The molecule has 0 N–H and O–H groups in total. The Hall–Kier alpha value is -3.66. The summed E-state index contributed by atoms with van der Waals surface area (Å²) >= 11 is 0. The van der Waals surface area contributed by atoms with Crippen molar-refractivity contribution in [3.05, 3.63) is 101 Å². The maximum Gasteiger partial charge on any atom is 0.343 e. The number of hydrogen-bond donors (Lipinski definition) is 0. The highest BCUT2D eigenvalue weighted by Crippen LogP contribution is 2.20. The van der Waals surface area contributed by atoms with Crippen LogP contribution in [0, 0.1) is 6.92 Å². The number of ketones is 1. The van der Waals surface area contributed by atoms with E-state index in [-0.39, 0.29) is 5.78 Å². The van der Waals surface area contributed by atoms with Crippen molar-refractivity contribution in [1.82, 2.24) is 0 Å². The quantitative estimate of drug-likeness (QED) is 0.261. The van der Waals surface area contributed by atoms with Crippen molar-refractivity contribution in [3.8, 4) is 11.5 Å². The van der Waals surface area contributed by atoms with Gasteiger partial charge in [0.1, 0.15) is 11.5 Å². The highest BCUT2D eigenvalue weighted by molar-refractivity contribution is 6.07. The van der Waals surface area contributed by atoms with Gasteiger partial charge < -0.3 is 9.47 Å². The van der Waals surface area contributed by atoms with E-state index in [9.17, 15) is 9.59 Å². The highest BCUT2D eigenvalue weighted by atomic mass is 16.5. The van der Waals surface area contributed by atoms with Gasteiger partial charge in [-0.15, -0.1) is 0 Å². The largest absolute Gasteiger partial charge is 0.496 e. The molecule has 0 aromatic heterocycles. The Bertz CT molecular complexity index is 1000. The van der Waals surface area contributed by atoms with Gasteiger partial charge >= 0.3 is 5.97 Å². The first-order chi connectivity index (χ1) is 13.6. The number of methoxy groups -OCH3 is 1. The van der Waals surface area contributed by atoms with Crippen molar-refractivity contribution in [2.75, 3.05) is 7.11 Å². The molecule has 0 amide bonds. The Morgan fingerprint density at radius 1 is 0.821 bits per heavy atom. The first-order valence-corrected chi connectivity index (χ1v) is 8.81. The fourth-order valence-corrected chi connectivity index (χ4v) is 2.61. The molecule has 4 nitrogen and oxygen atoms in total. The molecule has 4 heteroatoms. The zero-order chi connectivity index (χ0) is 19.9. The Labute approximate surface area is 164 Å². The second-order valence-corrected chi connectivity index (χ2v) is 6.22. The van der Waals surface area contributed by atoms with E-state index in [1.54, 1.807) is 49.6 Å². The second-order valence-electron chi connectivity index (χ2n) is 6.22. The van der Waals surface area contributed by atoms with Crippen LogP contribution in [0.1, 0.15) is 31.8 Å². The van der Waals surface area contributed by atoms with Gasteiger partial charge in [0.25, 0.3) is 0 Å². The molecule has 0 unspecified atom stereocenters. The van der Waals surface area contributed by atoms with Crippen molar-refractivity contribution in [1.29, 1.82) is 0 Å². The molecule has 0 saturated heterocycles. The van der Waals surface area contributed by atoms with Crippen LogP contribution in [-0.4, -0.2) is 18.9 Å². The van der Waals surface area contributed by atoms with Crippen LogP contribution < -0.4 is 9.47 Å². The fraction of sp³-hybridized carbons (Fsp3) is 0.0833. The zero-order valence-corrected chi connectivity index (χ0v) is 15.7. The lowest BCUT2D eigenvalue weighted by Gasteiger charge is -2.05. The smallest absolute Gasteiger partial charge is 0.343 e. The molecule has 140 valence electrons. The number of allylic oxidation sites excluding steroid dienone is 1. The van der Waals surface area contributed by atoms with Gasteiger partial charge in [-0.05, 0) is 61.5 Å². The van der Waals surface area contributed by atoms with Crippen LogP contribution in [0.25, 0.3) is 6.08 Å². The van der Waals surface area contributed by atoms with E-state index >= 15 is 0 Å². The molecule has 0 aliphatic carbocycles. The monoisotopic (exact) mass is 372 g/mol. The van der Waals surface area contributed by atoms with Crippen molar-refractivity contribution in [2.24, 2.45) is 0 Å². The third-order valence-corrected chi connectivity index (χ3v) is 4.19. The predicted molar refractivity (Wildman–Crippen MR) is 109 cm³/mol. The number of ether oxygens (including phenoxy) is 2. The summed E-state index contributed by atoms with van der Waals surface area (Å²) in [6.07, 6.45) is 3.21. The van der Waals surface area contributed by atoms with Crippen molar-refractivity contribution in [3.63, 3.8) is 0 Å². The van der Waals surface area contributed by atoms with E-state index < -0.39 is 5.97 Å². The van der Waals surface area contributed by atoms with Crippen molar-refractivity contribution >= 4 is 17.8 Å². The van der Waals surface area contributed by atoms with E-state index in [0.717, 1.165) is 11.1 Å². The first kappa shape index (κ1) is 19.1. The summed E-state index contributed by atoms with van der Waals surface area (Å²) in [7, 11) is 1.59. The van der Waals surface area contributed by atoms with E-state index in [4.69, 9.17) is 9.47 Å². The average molecular weight is 372 g/mol. The number of benzene rings is 3. The van der Waals surface area contributed by atoms with Crippen LogP contribution in [-0.2, 0) is 0 Å². The molecular weight excluding hydrogens is 352 g/mol. The SMILES string of the molecule is COc1ccccc1/C=C/C(=O)c1ccc(OC(=O)c2ccc(C)cc2)cc1. The van der Waals surface area contributed by atoms with Gasteiger partial charge in [0, 0.05) is 11.1 Å². The number of carbonyl (C=O) groups is 2. The lowest BCUT2D eigenvalue weighted by Crippen LogP contribution is -2.08. The van der Waals surface area contributed by atoms with Gasteiger partial charge in [-0.3, -0.25) is 4.79 Å². The molecule has 0 spiro atoms. The van der Waals surface area contributed by atoms with Crippen molar-refractivity contribution < 1.29 is 19.1 Å². The van der Waals surface area contributed by atoms with Crippen LogP contribution in [0.15, 0.2) is 78.9 Å². The molecule has 0 bridgehead atoms. The molecule has 0 aliphatic heterocycles. The molecule has 3 aromatic carbocycles. The third-order valence-electron chi connectivity index (χ3n) is 4.19. The van der Waals surface area contributed by atoms with Crippen LogP contribution in [0.3, 0.4) is 0 Å². The number of aryl methyl sites for hydroxylation is 1. The molecule has 0 radical (unpaired) electrons. The molecule has 3 rings (SSSR count). The molecular formula is C24H20O4. The zero-order valence-electron chi connectivity index (χ0n) is 15.7. The summed E-state index contributed by atoms with van der Waals surface area (Å²) < 4.78 is 10.6. The van der Waals surface area contributed by atoms with Crippen LogP contribution in [0.5, 0.6) is 11.5 Å². The number of esters is 1. The molecule has 0 fully saturated rings. The number of carbonyl (C=O) groups excluding carboxylic acids is 2. The summed E-state index contributed by atoms with van der Waals surface area (Å²) in [5.74, 6) is 0.498. The molecule has 0 atom stereocenters. The van der Waals surface area contributed by atoms with Gasteiger partial charge in [-0.25, -0.2) is 4.79 Å². The van der Waals surface area contributed by atoms with Crippen LogP contribution in [0.4, 0.5) is 0 Å². The summed E-state index contributed by atoms with van der Waals surface area (Å²) in [5.41, 5.74) is 2.87. The molecule has 28 heavy (non-hydrogen) atoms. The number of rotatable bonds is 6. The fourth-order valence-electron chi connectivity index (χ4n) is 2.61. The Morgan fingerprint density at radius 3 is 2.14 bits per heavy atom. The minimum Gasteiger partial charge on any atom is -0.496 e. The van der Waals surface area contributed by atoms with E-state index in [0.29, 0.717) is 22.6 Å². The maximum atomic E-state index is 12.4. The topological polar surface area (TPSA) is 52.6 Å². The summed E-state index contributed by atoms with van der Waals surface area (Å²) in [4.78, 5) is 24.5. The Kier molecular flexibility index (Phi) is 6.02. The lowest BCUT2D eigenvalue weighted by molar-refractivity contribution is 0.0734. The molecule has 0 saturated carbocycles. The Morgan fingerprint density at radius 2 is 1.46 bits per heavy atom. The molecule has 0 aliphatic rings. The average Bonchev–Trinajstić information content (AvgIpc) is 2.73. The minimum atomic E-state index is -0.435. The minimum absolute atomic E-state index is 0.151. The first-order valence-electron chi connectivity index (χ1n) is 8.81. The second kappa shape index (κ2) is 8.82. The van der Waals surface area contributed by atoms with Gasteiger partial charge in [0.2, 0.25) is 0 Å². The van der Waals surface area contributed by atoms with Gasteiger partial charge in [0.15, 0.2) is 5.78 Å².